The lowest BCUT2D eigenvalue weighted by Gasteiger charge is -2.15. The van der Waals surface area contributed by atoms with Gasteiger partial charge < -0.3 is 24.8 Å². The smallest absolute Gasteiger partial charge is 0.266 e. The molecule has 0 saturated heterocycles. The fourth-order valence-electron chi connectivity index (χ4n) is 3.58. The van der Waals surface area contributed by atoms with Crippen LogP contribution in [-0.2, 0) is 9.59 Å². The molecule has 0 aliphatic carbocycles. The van der Waals surface area contributed by atoms with Gasteiger partial charge in [0.15, 0.2) is 18.1 Å². The Morgan fingerprint density at radius 2 is 1.67 bits per heavy atom. The van der Waals surface area contributed by atoms with Crippen molar-refractivity contribution in [1.29, 1.82) is 5.26 Å². The molecule has 0 bridgehead atoms. The Kier molecular flexibility index (Phi) is 10.5. The van der Waals surface area contributed by atoms with Crippen LogP contribution in [0.2, 0.25) is 0 Å². The van der Waals surface area contributed by atoms with Crippen molar-refractivity contribution < 1.29 is 23.8 Å². The second-order valence-electron chi connectivity index (χ2n) is 8.50. The van der Waals surface area contributed by atoms with Crippen LogP contribution in [0, 0.1) is 25.2 Å². The number of ether oxygens (including phenoxy) is 3. The van der Waals surface area contributed by atoms with E-state index in [2.05, 4.69) is 26.6 Å². The van der Waals surface area contributed by atoms with E-state index in [9.17, 15) is 14.9 Å². The summed E-state index contributed by atoms with van der Waals surface area (Å²) in [4.78, 5) is 25.3. The molecule has 0 heterocycles. The van der Waals surface area contributed by atoms with Crippen molar-refractivity contribution in [2.45, 2.75) is 27.7 Å². The average molecular weight is 592 g/mol. The molecule has 0 aromatic heterocycles. The van der Waals surface area contributed by atoms with Crippen LogP contribution in [0.15, 0.2) is 64.6 Å². The molecule has 0 unspecified atom stereocenters. The van der Waals surface area contributed by atoms with E-state index in [0.717, 1.165) is 16.8 Å². The van der Waals surface area contributed by atoms with E-state index < -0.39 is 5.91 Å². The first-order valence-corrected chi connectivity index (χ1v) is 13.2. The van der Waals surface area contributed by atoms with E-state index in [1.54, 1.807) is 36.4 Å². The number of aryl methyl sites for hydroxylation is 2. The van der Waals surface area contributed by atoms with Gasteiger partial charge in [-0.15, -0.1) is 0 Å². The van der Waals surface area contributed by atoms with Crippen LogP contribution in [-0.4, -0.2) is 31.6 Å². The molecular weight excluding hydrogens is 562 g/mol. The van der Waals surface area contributed by atoms with Gasteiger partial charge in [0.25, 0.3) is 11.8 Å². The van der Waals surface area contributed by atoms with E-state index in [1.165, 1.54) is 6.08 Å². The molecule has 3 rings (SSSR count). The highest BCUT2D eigenvalue weighted by Gasteiger charge is 2.16. The molecule has 0 aliphatic heterocycles. The fourth-order valence-corrected chi connectivity index (χ4v) is 4.16. The van der Waals surface area contributed by atoms with Gasteiger partial charge in [0.1, 0.15) is 17.4 Å². The zero-order chi connectivity index (χ0) is 28.4. The number of nitrogens with one attached hydrogen (secondary N) is 2. The number of hydrogen-bond acceptors (Lipinski definition) is 6. The maximum atomic E-state index is 12.7. The standard InChI is InChI=1S/C30H30BrN3O5/c1-5-37-24-11-9-23(10-12-24)33-30(36)22(17-32)14-21-15-25(31)29(27(16-21)38-6-2)39-18-28(35)34-26-13-19(3)7-8-20(26)4/h7-16H,5-6,18H2,1-4H3,(H,33,36)(H,34,35)/b22-14+. The minimum atomic E-state index is -0.556. The number of hydrogen-bond donors (Lipinski definition) is 2. The zero-order valence-corrected chi connectivity index (χ0v) is 23.8. The number of nitrogens with zero attached hydrogens (tertiary/aromatic N) is 1. The quantitative estimate of drug-likeness (QED) is 0.196. The lowest BCUT2D eigenvalue weighted by Crippen LogP contribution is -2.21. The van der Waals surface area contributed by atoms with Crippen molar-refractivity contribution in [2.75, 3.05) is 30.5 Å². The van der Waals surface area contributed by atoms with Crippen LogP contribution in [0.3, 0.4) is 0 Å². The van der Waals surface area contributed by atoms with Gasteiger partial charge in [-0.2, -0.15) is 5.26 Å². The molecule has 2 amide bonds. The van der Waals surface area contributed by atoms with Gasteiger partial charge >= 0.3 is 0 Å². The van der Waals surface area contributed by atoms with Gasteiger partial charge in [-0.1, -0.05) is 12.1 Å². The molecule has 9 heteroatoms. The predicted octanol–water partition coefficient (Wildman–Crippen LogP) is 6.43. The Labute approximate surface area is 236 Å². The van der Waals surface area contributed by atoms with Crippen LogP contribution in [0.1, 0.15) is 30.5 Å². The molecule has 0 spiro atoms. The summed E-state index contributed by atoms with van der Waals surface area (Å²) in [6, 6.07) is 18.0. The summed E-state index contributed by atoms with van der Waals surface area (Å²) in [5.74, 6) is 0.508. The van der Waals surface area contributed by atoms with E-state index in [0.29, 0.717) is 46.2 Å². The molecule has 0 saturated carbocycles. The van der Waals surface area contributed by atoms with Gasteiger partial charge in [-0.05, 0) is 109 Å². The molecule has 202 valence electrons. The number of anilines is 2. The van der Waals surface area contributed by atoms with E-state index in [1.807, 2.05) is 52.0 Å². The zero-order valence-electron chi connectivity index (χ0n) is 22.3. The third kappa shape index (κ3) is 8.35. The number of nitriles is 1. The third-order valence-electron chi connectivity index (χ3n) is 5.45. The number of rotatable bonds is 11. The van der Waals surface area contributed by atoms with Crippen LogP contribution in [0.25, 0.3) is 6.08 Å². The molecule has 0 fully saturated rings. The predicted molar refractivity (Wildman–Crippen MR) is 155 cm³/mol. The molecule has 0 aliphatic rings. The second kappa shape index (κ2) is 14.0. The van der Waals surface area contributed by atoms with Gasteiger partial charge in [0.2, 0.25) is 0 Å². The summed E-state index contributed by atoms with van der Waals surface area (Å²) in [6.45, 7) is 8.21. The lowest BCUT2D eigenvalue weighted by molar-refractivity contribution is -0.118. The summed E-state index contributed by atoms with van der Waals surface area (Å²) >= 11 is 3.47. The Balaban J connectivity index is 1.75. The second-order valence-corrected chi connectivity index (χ2v) is 9.35. The Morgan fingerprint density at radius 3 is 2.33 bits per heavy atom. The number of carbonyl (C=O) groups is 2. The van der Waals surface area contributed by atoms with Gasteiger partial charge in [0, 0.05) is 11.4 Å². The number of carbonyl (C=O) groups excluding carboxylic acids is 2. The number of amides is 2. The molecule has 2 N–H and O–H groups in total. The van der Waals surface area contributed by atoms with E-state index >= 15 is 0 Å². The largest absolute Gasteiger partial charge is 0.494 e. The van der Waals surface area contributed by atoms with Crippen LogP contribution in [0.5, 0.6) is 17.2 Å². The van der Waals surface area contributed by atoms with Crippen molar-refractivity contribution in [1.82, 2.24) is 0 Å². The summed E-state index contributed by atoms with van der Waals surface area (Å²) in [7, 11) is 0. The Morgan fingerprint density at radius 1 is 0.949 bits per heavy atom. The molecule has 0 atom stereocenters. The maximum Gasteiger partial charge on any atom is 0.266 e. The van der Waals surface area contributed by atoms with Crippen LogP contribution in [0.4, 0.5) is 11.4 Å². The number of benzene rings is 3. The van der Waals surface area contributed by atoms with Crippen molar-refractivity contribution in [3.05, 3.63) is 81.3 Å². The molecule has 0 radical (unpaired) electrons. The van der Waals surface area contributed by atoms with E-state index in [-0.39, 0.29) is 18.1 Å². The Bertz CT molecular complexity index is 1410. The highest BCUT2D eigenvalue weighted by atomic mass is 79.9. The third-order valence-corrected chi connectivity index (χ3v) is 6.03. The van der Waals surface area contributed by atoms with Crippen molar-refractivity contribution in [3.63, 3.8) is 0 Å². The highest BCUT2D eigenvalue weighted by molar-refractivity contribution is 9.10. The van der Waals surface area contributed by atoms with Gasteiger partial charge in [0.05, 0.1) is 17.7 Å². The maximum absolute atomic E-state index is 12.7. The molecule has 3 aromatic carbocycles. The molecular formula is C30H30BrN3O5. The molecule has 39 heavy (non-hydrogen) atoms. The van der Waals surface area contributed by atoms with Crippen LogP contribution >= 0.6 is 15.9 Å². The normalized spacial score (nSPS) is 10.8. The fraction of sp³-hybridized carbons (Fsp3) is 0.233. The van der Waals surface area contributed by atoms with Gasteiger partial charge in [-0.25, -0.2) is 0 Å². The summed E-state index contributed by atoms with van der Waals surface area (Å²) < 4.78 is 17.4. The number of halogens is 1. The summed E-state index contributed by atoms with van der Waals surface area (Å²) in [5.41, 5.74) is 3.67. The summed E-state index contributed by atoms with van der Waals surface area (Å²) in [5, 5.41) is 15.2. The first-order chi connectivity index (χ1) is 18.7. The molecule has 8 nitrogen and oxygen atoms in total. The SMILES string of the molecule is CCOc1ccc(NC(=O)/C(C#N)=C/c2cc(Br)c(OCC(=O)Nc3cc(C)ccc3C)c(OCC)c2)cc1. The summed E-state index contributed by atoms with van der Waals surface area (Å²) in [6.07, 6.45) is 1.45. The van der Waals surface area contributed by atoms with Crippen molar-refractivity contribution in [3.8, 4) is 23.3 Å². The minimum absolute atomic E-state index is 0.0974. The van der Waals surface area contributed by atoms with Gasteiger partial charge in [-0.3, -0.25) is 9.59 Å². The lowest BCUT2D eigenvalue weighted by atomic mass is 10.1. The monoisotopic (exact) mass is 591 g/mol. The molecule has 3 aromatic rings. The highest BCUT2D eigenvalue weighted by Crippen LogP contribution is 2.37. The first kappa shape index (κ1) is 29.3. The van der Waals surface area contributed by atoms with E-state index in [4.69, 9.17) is 14.2 Å². The van der Waals surface area contributed by atoms with Crippen molar-refractivity contribution >= 4 is 45.2 Å². The van der Waals surface area contributed by atoms with Crippen molar-refractivity contribution in [2.24, 2.45) is 0 Å². The van der Waals surface area contributed by atoms with Crippen LogP contribution < -0.4 is 24.8 Å². The minimum Gasteiger partial charge on any atom is -0.494 e. The average Bonchev–Trinajstić information content (AvgIpc) is 2.90. The topological polar surface area (TPSA) is 110 Å². The first-order valence-electron chi connectivity index (χ1n) is 12.4. The Hall–Kier alpha value is -4.29.